The van der Waals surface area contributed by atoms with E-state index in [9.17, 15) is 10.5 Å². The Balaban J connectivity index is 1.67. The summed E-state index contributed by atoms with van der Waals surface area (Å²) in [5, 5.41) is 24.5. The van der Waals surface area contributed by atoms with Gasteiger partial charge in [0.25, 0.3) is 0 Å². The molecular formula is C44H26N4. The third-order valence-corrected chi connectivity index (χ3v) is 9.31. The lowest BCUT2D eigenvalue weighted by Gasteiger charge is -2.18. The van der Waals surface area contributed by atoms with Gasteiger partial charge in [0.2, 0.25) is 0 Å². The van der Waals surface area contributed by atoms with Crippen molar-refractivity contribution in [3.8, 4) is 45.8 Å². The highest BCUT2D eigenvalue weighted by molar-refractivity contribution is 6.33. The van der Waals surface area contributed by atoms with Gasteiger partial charge in [0.1, 0.15) is 0 Å². The predicted molar refractivity (Wildman–Crippen MR) is 195 cm³/mol. The molecule has 9 aromatic rings. The lowest BCUT2D eigenvalue weighted by atomic mass is 9.89. The molecule has 0 bridgehead atoms. The minimum Gasteiger partial charge on any atom is -0.309 e. The summed E-state index contributed by atoms with van der Waals surface area (Å²) in [6.07, 6.45) is 0. The Morgan fingerprint density at radius 1 is 0.396 bits per heavy atom. The minimum atomic E-state index is 0.605. The second-order valence-electron chi connectivity index (χ2n) is 12.0. The molecule has 4 nitrogen and oxygen atoms in total. The molecule has 0 saturated carbocycles. The molecule has 0 radical (unpaired) electrons. The van der Waals surface area contributed by atoms with E-state index in [1.54, 1.807) is 0 Å². The third kappa shape index (κ3) is 4.01. The number of benzene rings is 7. The molecule has 48 heavy (non-hydrogen) atoms. The van der Waals surface area contributed by atoms with E-state index in [0.29, 0.717) is 11.1 Å². The molecule has 0 unspecified atom stereocenters. The topological polar surface area (TPSA) is 57.4 Å². The fourth-order valence-electron chi connectivity index (χ4n) is 7.44. The van der Waals surface area contributed by atoms with Gasteiger partial charge in [-0.15, -0.1) is 0 Å². The van der Waals surface area contributed by atoms with Gasteiger partial charge in [-0.2, -0.15) is 10.5 Å². The Morgan fingerprint density at radius 3 is 1.21 bits per heavy atom. The largest absolute Gasteiger partial charge is 0.309 e. The molecule has 7 aromatic carbocycles. The quantitative estimate of drug-likeness (QED) is 0.199. The number of para-hydroxylation sites is 4. The van der Waals surface area contributed by atoms with Gasteiger partial charge in [-0.25, -0.2) is 0 Å². The van der Waals surface area contributed by atoms with Crippen LogP contribution in [0.1, 0.15) is 11.1 Å². The Hall–Kier alpha value is -6.88. The second-order valence-corrected chi connectivity index (χ2v) is 12.0. The van der Waals surface area contributed by atoms with Crippen molar-refractivity contribution in [2.45, 2.75) is 0 Å². The molecule has 0 atom stereocenters. The van der Waals surface area contributed by atoms with Crippen LogP contribution in [0.3, 0.4) is 0 Å². The van der Waals surface area contributed by atoms with Crippen molar-refractivity contribution in [1.29, 1.82) is 10.5 Å². The molecule has 0 saturated heterocycles. The number of rotatable bonds is 4. The van der Waals surface area contributed by atoms with Crippen LogP contribution in [-0.4, -0.2) is 9.13 Å². The molecule has 0 aliphatic heterocycles. The maximum atomic E-state index is 10.1. The SMILES string of the molecule is N#Cc1cccc(-c2c3c4ccccc4n(-c4ccccc4)c3c(-c3cccc(C#N)c3)c3c4ccccc4n(-c4ccccc4)c23)c1. The van der Waals surface area contributed by atoms with Gasteiger partial charge in [-0.05, 0) is 71.8 Å². The molecule has 2 aromatic heterocycles. The van der Waals surface area contributed by atoms with Crippen molar-refractivity contribution in [3.63, 3.8) is 0 Å². The molecule has 0 N–H and O–H groups in total. The number of aromatic nitrogens is 2. The fraction of sp³-hybridized carbons (Fsp3) is 0. The summed E-state index contributed by atoms with van der Waals surface area (Å²) in [6, 6.07) is 58.8. The van der Waals surface area contributed by atoms with Crippen molar-refractivity contribution < 1.29 is 0 Å². The third-order valence-electron chi connectivity index (χ3n) is 9.31. The van der Waals surface area contributed by atoms with Crippen molar-refractivity contribution in [3.05, 3.63) is 169 Å². The zero-order valence-corrected chi connectivity index (χ0v) is 25.8. The van der Waals surface area contributed by atoms with Crippen LogP contribution in [0.25, 0.3) is 77.2 Å². The fourth-order valence-corrected chi connectivity index (χ4v) is 7.44. The molecule has 2 heterocycles. The molecule has 0 spiro atoms. The normalized spacial score (nSPS) is 11.3. The van der Waals surface area contributed by atoms with Crippen LogP contribution >= 0.6 is 0 Å². The van der Waals surface area contributed by atoms with Gasteiger partial charge < -0.3 is 9.13 Å². The smallest absolute Gasteiger partial charge is 0.0991 e. The van der Waals surface area contributed by atoms with Gasteiger partial charge in [0, 0.05) is 44.0 Å². The lowest BCUT2D eigenvalue weighted by Crippen LogP contribution is -1.99. The summed E-state index contributed by atoms with van der Waals surface area (Å²) >= 11 is 0. The van der Waals surface area contributed by atoms with Crippen molar-refractivity contribution in [2.75, 3.05) is 0 Å². The van der Waals surface area contributed by atoms with Crippen LogP contribution in [0.4, 0.5) is 0 Å². The van der Waals surface area contributed by atoms with Gasteiger partial charge in [0.05, 0.1) is 45.3 Å². The highest BCUT2D eigenvalue weighted by atomic mass is 15.0. The Kier molecular flexibility index (Phi) is 6.22. The summed E-state index contributed by atoms with van der Waals surface area (Å²) in [5.41, 5.74) is 11.6. The minimum absolute atomic E-state index is 0.605. The second kappa shape index (κ2) is 10.9. The molecular weight excluding hydrogens is 585 g/mol. The van der Waals surface area contributed by atoms with Crippen molar-refractivity contribution in [1.82, 2.24) is 9.13 Å². The standard InChI is InChI=1S/C44H26N4/c45-27-29-13-11-15-31(25-29)39-42-36-22-8-10-24-38(36)48(34-19-5-2-6-20-34)44(42)40(32-16-12-14-30(26-32)28-46)41-35-21-7-9-23-37(35)47(43(39)41)33-17-3-1-4-18-33/h1-26H. The zero-order valence-electron chi connectivity index (χ0n) is 25.8. The summed E-state index contributed by atoms with van der Waals surface area (Å²) in [5.74, 6) is 0. The number of hydrogen-bond donors (Lipinski definition) is 0. The molecule has 4 heteroatoms. The number of nitriles is 2. The van der Waals surface area contributed by atoms with E-state index >= 15 is 0 Å². The Labute approximate surface area is 277 Å². The Bertz CT molecular complexity index is 2590. The van der Waals surface area contributed by atoms with Crippen molar-refractivity contribution >= 4 is 43.6 Å². The Morgan fingerprint density at radius 2 is 0.792 bits per heavy atom. The van der Waals surface area contributed by atoms with E-state index in [4.69, 9.17) is 0 Å². The maximum absolute atomic E-state index is 10.1. The average molecular weight is 611 g/mol. The number of hydrogen-bond acceptors (Lipinski definition) is 2. The highest BCUT2D eigenvalue weighted by Gasteiger charge is 2.28. The van der Waals surface area contributed by atoms with Gasteiger partial charge in [-0.3, -0.25) is 0 Å². The van der Waals surface area contributed by atoms with Gasteiger partial charge in [-0.1, -0.05) is 97.1 Å². The first-order chi connectivity index (χ1) is 23.8. The van der Waals surface area contributed by atoms with Crippen LogP contribution in [0, 0.1) is 22.7 Å². The van der Waals surface area contributed by atoms with Gasteiger partial charge in [0.15, 0.2) is 0 Å². The van der Waals surface area contributed by atoms with E-state index < -0.39 is 0 Å². The van der Waals surface area contributed by atoms with E-state index in [1.165, 1.54) is 0 Å². The summed E-state index contributed by atoms with van der Waals surface area (Å²) in [6.45, 7) is 0. The maximum Gasteiger partial charge on any atom is 0.0991 e. The number of nitrogens with zero attached hydrogens (tertiary/aromatic N) is 4. The molecule has 0 fully saturated rings. The van der Waals surface area contributed by atoms with E-state index in [2.05, 4.69) is 130 Å². The van der Waals surface area contributed by atoms with Crippen LogP contribution in [0.5, 0.6) is 0 Å². The monoisotopic (exact) mass is 610 g/mol. The van der Waals surface area contributed by atoms with E-state index in [-0.39, 0.29) is 0 Å². The first-order valence-corrected chi connectivity index (χ1v) is 15.9. The predicted octanol–water partition coefficient (Wildman–Crippen LogP) is 11.0. The van der Waals surface area contributed by atoms with Crippen LogP contribution in [-0.2, 0) is 0 Å². The first-order valence-electron chi connectivity index (χ1n) is 15.9. The molecule has 222 valence electrons. The summed E-state index contributed by atoms with van der Waals surface area (Å²) in [4.78, 5) is 0. The first kappa shape index (κ1) is 27.4. The van der Waals surface area contributed by atoms with Crippen LogP contribution < -0.4 is 0 Å². The van der Waals surface area contributed by atoms with Crippen LogP contribution in [0.15, 0.2) is 158 Å². The number of fused-ring (bicyclic) bond motifs is 6. The highest BCUT2D eigenvalue weighted by Crippen LogP contribution is 2.52. The van der Waals surface area contributed by atoms with E-state index in [0.717, 1.165) is 77.2 Å². The molecule has 0 aliphatic carbocycles. The molecule has 0 aliphatic rings. The van der Waals surface area contributed by atoms with E-state index in [1.807, 2.05) is 48.5 Å². The summed E-state index contributed by atoms with van der Waals surface area (Å²) < 4.78 is 4.73. The summed E-state index contributed by atoms with van der Waals surface area (Å²) in [7, 11) is 0. The van der Waals surface area contributed by atoms with Crippen molar-refractivity contribution in [2.24, 2.45) is 0 Å². The van der Waals surface area contributed by atoms with Crippen LogP contribution in [0.2, 0.25) is 0 Å². The average Bonchev–Trinajstić information content (AvgIpc) is 3.68. The molecule has 0 amide bonds. The molecule has 9 rings (SSSR count). The zero-order chi connectivity index (χ0) is 32.2. The van der Waals surface area contributed by atoms with Gasteiger partial charge >= 0.3 is 0 Å². The lowest BCUT2D eigenvalue weighted by molar-refractivity contribution is 1.17.